The SMILES string of the molecule is Cc1oc(=O)oc1COC(=O)[C@@]1(C)C2CC[C@]3(C)[C@H](C(=O)C=C4[C@@H]5C[C@@](C)(C(=O)O)CC[C@]5(C)CC[C@]43C)[C@@]2(C)CC[C@@H]1N1CCCC1=O. The first-order valence-electron chi connectivity index (χ1n) is 18.4. The number of hydrogen-bond donors (Lipinski definition) is 1. The number of carbonyl (C=O) groups excluding carboxylic acids is 3. The maximum absolute atomic E-state index is 14.9. The smallest absolute Gasteiger partial charge is 0.481 e. The fraction of sp³-hybridized carbons (Fsp3) is 0.769. The van der Waals surface area contributed by atoms with Crippen LogP contribution < -0.4 is 5.82 Å². The molecule has 0 spiro atoms. The number of ether oxygens (including phenoxy) is 1. The average Bonchev–Trinajstić information content (AvgIpc) is 3.60. The molecular weight excluding hydrogens is 626 g/mol. The number of esters is 1. The molecule has 49 heavy (non-hydrogen) atoms. The fourth-order valence-corrected chi connectivity index (χ4v) is 12.6. The molecular formula is C39H53NO9. The number of likely N-dealkylation sites (tertiary alicyclic amines) is 1. The Hall–Kier alpha value is -3.17. The molecule has 1 amide bonds. The van der Waals surface area contributed by atoms with Crippen molar-refractivity contribution >= 4 is 23.6 Å². The van der Waals surface area contributed by atoms with Crippen LogP contribution in [0.5, 0.6) is 0 Å². The molecule has 10 atom stereocenters. The van der Waals surface area contributed by atoms with Crippen LogP contribution in [0, 0.1) is 57.2 Å². The summed E-state index contributed by atoms with van der Waals surface area (Å²) in [5.41, 5.74) is -2.06. The molecule has 1 unspecified atom stereocenters. The van der Waals surface area contributed by atoms with E-state index in [-0.39, 0.29) is 64.4 Å². The second kappa shape index (κ2) is 10.9. The highest BCUT2D eigenvalue weighted by atomic mass is 16.6. The van der Waals surface area contributed by atoms with Crippen molar-refractivity contribution in [2.45, 2.75) is 132 Å². The van der Waals surface area contributed by atoms with Crippen LogP contribution in [0.3, 0.4) is 0 Å². The van der Waals surface area contributed by atoms with Crippen LogP contribution in [0.4, 0.5) is 0 Å². The van der Waals surface area contributed by atoms with Crippen LogP contribution in [-0.2, 0) is 30.5 Å². The van der Waals surface area contributed by atoms with Crippen molar-refractivity contribution in [1.29, 1.82) is 0 Å². The molecule has 1 N–H and O–H groups in total. The van der Waals surface area contributed by atoms with Gasteiger partial charge < -0.3 is 23.6 Å². The van der Waals surface area contributed by atoms with Gasteiger partial charge in [-0.25, -0.2) is 4.79 Å². The Balaban J connectivity index is 1.28. The molecule has 1 aromatic heterocycles. The van der Waals surface area contributed by atoms with Gasteiger partial charge in [0.1, 0.15) is 0 Å². The van der Waals surface area contributed by atoms with Gasteiger partial charge in [-0.2, -0.15) is 0 Å². The average molecular weight is 680 g/mol. The molecule has 0 aromatic carbocycles. The minimum absolute atomic E-state index is 0.0249. The molecule has 1 saturated heterocycles. The number of fused-ring (bicyclic) bond motifs is 7. The number of carbonyl (C=O) groups is 4. The Morgan fingerprint density at radius 2 is 1.67 bits per heavy atom. The molecule has 268 valence electrons. The molecule has 5 fully saturated rings. The third-order valence-electron chi connectivity index (χ3n) is 15.8. The zero-order valence-corrected chi connectivity index (χ0v) is 30.2. The van der Waals surface area contributed by atoms with E-state index in [0.29, 0.717) is 45.1 Å². The van der Waals surface area contributed by atoms with Crippen LogP contribution in [0.15, 0.2) is 25.3 Å². The quantitative estimate of drug-likeness (QED) is 0.340. The first-order chi connectivity index (χ1) is 22.8. The summed E-state index contributed by atoms with van der Waals surface area (Å²) in [5, 5.41) is 10.2. The predicted molar refractivity (Wildman–Crippen MR) is 178 cm³/mol. The number of rotatable bonds is 5. The molecule has 7 rings (SSSR count). The summed E-state index contributed by atoms with van der Waals surface area (Å²) in [5.74, 6) is -2.07. The van der Waals surface area contributed by atoms with E-state index in [1.807, 2.05) is 24.8 Å². The summed E-state index contributed by atoms with van der Waals surface area (Å²) in [7, 11) is 0. The van der Waals surface area contributed by atoms with Gasteiger partial charge in [0.2, 0.25) is 5.91 Å². The van der Waals surface area contributed by atoms with Crippen LogP contribution in [-0.4, -0.2) is 46.2 Å². The molecule has 1 aromatic rings. The van der Waals surface area contributed by atoms with E-state index < -0.39 is 39.4 Å². The van der Waals surface area contributed by atoms with Gasteiger partial charge in [0.05, 0.1) is 10.8 Å². The number of hydrogen-bond acceptors (Lipinski definition) is 8. The van der Waals surface area contributed by atoms with Gasteiger partial charge in [0, 0.05) is 24.9 Å². The van der Waals surface area contributed by atoms with Gasteiger partial charge >= 0.3 is 17.8 Å². The zero-order valence-electron chi connectivity index (χ0n) is 30.2. The lowest BCUT2D eigenvalue weighted by molar-refractivity contribution is -0.212. The number of allylic oxidation sites excluding steroid dienone is 2. The lowest BCUT2D eigenvalue weighted by Crippen LogP contribution is -2.69. The van der Waals surface area contributed by atoms with E-state index in [2.05, 4.69) is 27.7 Å². The summed E-state index contributed by atoms with van der Waals surface area (Å²) in [6.07, 6.45) is 9.78. The Morgan fingerprint density at radius 3 is 2.31 bits per heavy atom. The van der Waals surface area contributed by atoms with Gasteiger partial charge in [-0.3, -0.25) is 19.2 Å². The number of aliphatic carboxylic acids is 1. The van der Waals surface area contributed by atoms with E-state index in [0.717, 1.165) is 37.7 Å². The second-order valence-electron chi connectivity index (χ2n) is 18.1. The van der Waals surface area contributed by atoms with Crippen molar-refractivity contribution in [3.05, 3.63) is 33.8 Å². The first-order valence-corrected chi connectivity index (χ1v) is 18.4. The summed E-state index contributed by atoms with van der Waals surface area (Å²) in [6, 6.07) is -0.374. The van der Waals surface area contributed by atoms with Gasteiger partial charge in [0.15, 0.2) is 23.9 Å². The van der Waals surface area contributed by atoms with Gasteiger partial charge in [-0.15, -0.1) is 0 Å². The number of nitrogens with zero attached hydrogens (tertiary/aromatic N) is 1. The first kappa shape index (κ1) is 34.3. The van der Waals surface area contributed by atoms with Gasteiger partial charge in [-0.05, 0) is 125 Å². The molecule has 1 aliphatic heterocycles. The van der Waals surface area contributed by atoms with E-state index in [1.54, 1.807) is 6.92 Å². The van der Waals surface area contributed by atoms with Crippen LogP contribution >= 0.6 is 0 Å². The normalized spacial score (nSPS) is 44.7. The Morgan fingerprint density at radius 1 is 0.959 bits per heavy atom. The van der Waals surface area contributed by atoms with E-state index in [1.165, 1.54) is 0 Å². The highest BCUT2D eigenvalue weighted by Crippen LogP contribution is 2.75. The predicted octanol–water partition coefficient (Wildman–Crippen LogP) is 6.62. The van der Waals surface area contributed by atoms with E-state index in [9.17, 15) is 29.1 Å². The number of amides is 1. The standard InChI is InChI=1S/C39H53NO9/c1-22-26(49-33(46)48-22)21-47-32(45)39(7)27-10-13-38(6)30(36(27,4)12-11-28(39)40-18-8-9-29(40)42)25(41)19-23-24-20-35(3,31(43)44)15-14-34(24,2)16-17-37(23,38)5/h19,24,27-28,30H,8-18,20-21H2,1-7H3,(H,43,44)/t24-,27?,28-,30+,34+,35-,36-,37+,38+,39-/m0/s1. The maximum Gasteiger partial charge on any atom is 0.519 e. The molecule has 2 heterocycles. The lowest BCUT2D eigenvalue weighted by Gasteiger charge is -2.70. The maximum atomic E-state index is 14.9. The summed E-state index contributed by atoms with van der Waals surface area (Å²) >= 11 is 0. The zero-order chi connectivity index (χ0) is 35.5. The number of ketones is 1. The number of carboxylic acids is 1. The highest BCUT2D eigenvalue weighted by Gasteiger charge is 2.72. The molecule has 0 bridgehead atoms. The summed E-state index contributed by atoms with van der Waals surface area (Å²) < 4.78 is 16.1. The minimum atomic E-state index is -1.10. The third-order valence-corrected chi connectivity index (χ3v) is 15.8. The topological polar surface area (TPSA) is 144 Å². The van der Waals surface area contributed by atoms with Crippen molar-refractivity contribution < 1.29 is 37.9 Å². The minimum Gasteiger partial charge on any atom is -0.481 e. The van der Waals surface area contributed by atoms with Crippen LogP contribution in [0.25, 0.3) is 0 Å². The highest BCUT2D eigenvalue weighted by molar-refractivity contribution is 5.96. The number of aryl methyl sites for hydroxylation is 1. The van der Waals surface area contributed by atoms with Crippen molar-refractivity contribution in [2.24, 2.45) is 50.2 Å². The van der Waals surface area contributed by atoms with Gasteiger partial charge in [-0.1, -0.05) is 33.3 Å². The van der Waals surface area contributed by atoms with Crippen molar-refractivity contribution in [1.82, 2.24) is 4.90 Å². The Kier molecular flexibility index (Phi) is 7.64. The van der Waals surface area contributed by atoms with Crippen molar-refractivity contribution in [3.63, 3.8) is 0 Å². The monoisotopic (exact) mass is 679 g/mol. The molecule has 0 radical (unpaired) electrons. The van der Waals surface area contributed by atoms with Gasteiger partial charge in [0.25, 0.3) is 0 Å². The second-order valence-corrected chi connectivity index (χ2v) is 18.1. The summed E-state index contributed by atoms with van der Waals surface area (Å²) in [4.78, 5) is 68.7. The van der Waals surface area contributed by atoms with Crippen molar-refractivity contribution in [3.8, 4) is 0 Å². The fourth-order valence-electron chi connectivity index (χ4n) is 12.6. The molecule has 4 saturated carbocycles. The van der Waals surface area contributed by atoms with Crippen LogP contribution in [0.2, 0.25) is 0 Å². The van der Waals surface area contributed by atoms with Crippen molar-refractivity contribution in [2.75, 3.05) is 6.54 Å². The number of carboxylic acid groups (broad SMARTS) is 1. The summed E-state index contributed by atoms with van der Waals surface area (Å²) in [6.45, 7) is 14.8. The Bertz CT molecular complexity index is 1700. The molecule has 10 heteroatoms. The third kappa shape index (κ3) is 4.59. The van der Waals surface area contributed by atoms with Crippen LogP contribution in [0.1, 0.15) is 124 Å². The molecule has 5 aliphatic carbocycles. The molecule has 10 nitrogen and oxygen atoms in total. The molecule has 6 aliphatic rings. The largest absolute Gasteiger partial charge is 0.519 e. The van der Waals surface area contributed by atoms with E-state index >= 15 is 0 Å². The van der Waals surface area contributed by atoms with E-state index in [4.69, 9.17) is 13.6 Å². The lowest BCUT2D eigenvalue weighted by atomic mass is 9.33. The Labute approximate surface area is 288 Å².